The topological polar surface area (TPSA) is 115 Å². The molecule has 3 aliphatic heterocycles. The number of allylic oxidation sites excluding steroid dienone is 4. The van der Waals surface area contributed by atoms with E-state index in [1.165, 1.54) is 9.80 Å². The molecule has 3 saturated heterocycles. The molecule has 3 heterocycles. The molecule has 0 spiro atoms. The van der Waals surface area contributed by atoms with Gasteiger partial charge in [-0.2, -0.15) is 0 Å². The maximum Gasteiger partial charge on any atom is 0.245 e. The van der Waals surface area contributed by atoms with Crippen molar-refractivity contribution >= 4 is 35.4 Å². The SMILES string of the molecule is CCC[C@H](C(=O)N1CCN(C(=O)[C@H](CCC)N2C(=O)[C@@H]3[C@H](C2=O)[C@H]2C=C[C@H]3C2)CC1)N1C(=O)[C@@H]2[C@@H](C1=O)[C@H]1C=C[C@H]2C1. The van der Waals surface area contributed by atoms with Crippen LogP contribution >= 0.6 is 0 Å². The second-order valence-electron chi connectivity index (χ2n) is 13.4. The van der Waals surface area contributed by atoms with Gasteiger partial charge in [0, 0.05) is 26.2 Å². The molecule has 6 amide bonds. The minimum atomic E-state index is -0.821. The smallest absolute Gasteiger partial charge is 0.245 e. The van der Waals surface area contributed by atoms with Crippen LogP contribution in [-0.4, -0.2) is 93.3 Å². The number of fused-ring (bicyclic) bond motifs is 10. The zero-order chi connectivity index (χ0) is 29.4. The van der Waals surface area contributed by atoms with E-state index in [2.05, 4.69) is 24.3 Å². The standard InChI is InChI=1S/C32H40N4O6/c1-3-5-21(35-29(39)23-17-7-8-18(15-17)24(23)30(35)40)27(37)33-11-13-34(14-12-33)28(38)22(6-4-2)36-31(41)25-19-9-10-20(16-19)26(25)32(36)42/h7-10,17-26H,3-6,11-16H2,1-2H3/t17-,18-,19-,20-,21-,22+,23-,24+,25-,26-/m0/s1. The van der Waals surface area contributed by atoms with Gasteiger partial charge in [0.15, 0.2) is 0 Å². The molecule has 0 N–H and O–H groups in total. The van der Waals surface area contributed by atoms with Crippen LogP contribution in [-0.2, 0) is 28.8 Å². The van der Waals surface area contributed by atoms with Gasteiger partial charge in [0.1, 0.15) is 12.1 Å². The van der Waals surface area contributed by atoms with Crippen molar-refractivity contribution in [2.24, 2.45) is 47.3 Å². The van der Waals surface area contributed by atoms with Gasteiger partial charge < -0.3 is 9.80 Å². The van der Waals surface area contributed by atoms with E-state index in [1.807, 2.05) is 13.8 Å². The second-order valence-corrected chi connectivity index (χ2v) is 13.4. The number of amides is 6. The van der Waals surface area contributed by atoms with Crippen molar-refractivity contribution < 1.29 is 28.8 Å². The Morgan fingerprint density at radius 2 is 0.881 bits per heavy atom. The Morgan fingerprint density at radius 3 is 1.14 bits per heavy atom. The maximum atomic E-state index is 13.8. The van der Waals surface area contributed by atoms with Gasteiger partial charge in [0.05, 0.1) is 23.7 Å². The Morgan fingerprint density at radius 1 is 0.595 bits per heavy atom. The highest BCUT2D eigenvalue weighted by Crippen LogP contribution is 2.54. The van der Waals surface area contributed by atoms with Gasteiger partial charge in [-0.3, -0.25) is 38.6 Å². The number of imide groups is 2. The molecule has 10 atom stereocenters. The molecule has 7 aliphatic rings. The quantitative estimate of drug-likeness (QED) is 0.320. The zero-order valence-corrected chi connectivity index (χ0v) is 24.4. The molecule has 0 aromatic heterocycles. The molecular weight excluding hydrogens is 536 g/mol. The summed E-state index contributed by atoms with van der Waals surface area (Å²) in [5.74, 6) is -2.33. The van der Waals surface area contributed by atoms with Gasteiger partial charge in [0.25, 0.3) is 0 Å². The normalized spacial score (nSPS) is 37.4. The number of nitrogens with zero attached hydrogens (tertiary/aromatic N) is 4. The van der Waals surface area contributed by atoms with Gasteiger partial charge in [0.2, 0.25) is 35.4 Å². The van der Waals surface area contributed by atoms with Crippen molar-refractivity contribution in [1.29, 1.82) is 0 Å². The average molecular weight is 577 g/mol. The Hall–Kier alpha value is -3.30. The summed E-state index contributed by atoms with van der Waals surface area (Å²) in [4.78, 5) is 87.3. The van der Waals surface area contributed by atoms with Crippen LogP contribution in [0.3, 0.4) is 0 Å². The predicted octanol–water partition coefficient (Wildman–Crippen LogP) is 1.61. The van der Waals surface area contributed by atoms with Crippen molar-refractivity contribution in [2.75, 3.05) is 26.2 Å². The van der Waals surface area contributed by atoms with Crippen molar-refractivity contribution in [3.8, 4) is 0 Å². The first-order valence-corrected chi connectivity index (χ1v) is 15.9. The summed E-state index contributed by atoms with van der Waals surface area (Å²) in [7, 11) is 0. The number of hydrogen-bond acceptors (Lipinski definition) is 6. The molecule has 0 aromatic rings. The minimum absolute atomic E-state index is 0.0878. The van der Waals surface area contributed by atoms with Crippen LogP contribution in [0.1, 0.15) is 52.4 Å². The Bertz CT molecular complexity index is 1140. The number of hydrogen-bond donors (Lipinski definition) is 0. The first-order chi connectivity index (χ1) is 20.3. The third kappa shape index (κ3) is 3.82. The van der Waals surface area contributed by atoms with E-state index < -0.39 is 12.1 Å². The summed E-state index contributed by atoms with van der Waals surface area (Å²) in [5.41, 5.74) is 0. The first kappa shape index (κ1) is 27.5. The molecule has 2 saturated carbocycles. The van der Waals surface area contributed by atoms with E-state index in [0.29, 0.717) is 25.7 Å². The molecule has 10 heteroatoms. The average Bonchev–Trinajstić information content (AvgIpc) is 3.84. The molecule has 7 rings (SSSR count). The van der Waals surface area contributed by atoms with Gasteiger partial charge in [-0.25, -0.2) is 0 Å². The molecule has 5 fully saturated rings. The van der Waals surface area contributed by atoms with E-state index in [9.17, 15) is 28.8 Å². The van der Waals surface area contributed by atoms with Gasteiger partial charge in [-0.15, -0.1) is 0 Å². The fourth-order valence-electron chi connectivity index (χ4n) is 9.31. The maximum absolute atomic E-state index is 13.8. The number of carbonyl (C=O) groups is 6. The van der Waals surface area contributed by atoms with E-state index in [0.717, 1.165) is 12.8 Å². The summed E-state index contributed by atoms with van der Waals surface area (Å²) in [6, 6.07) is -1.64. The van der Waals surface area contributed by atoms with Gasteiger partial charge >= 0.3 is 0 Å². The fourth-order valence-corrected chi connectivity index (χ4v) is 9.31. The molecule has 10 nitrogen and oxygen atoms in total. The van der Waals surface area contributed by atoms with Crippen LogP contribution in [0.25, 0.3) is 0 Å². The highest BCUT2D eigenvalue weighted by molar-refractivity contribution is 6.10. The molecule has 0 aromatic carbocycles. The lowest BCUT2D eigenvalue weighted by molar-refractivity contribution is -0.156. The first-order valence-electron chi connectivity index (χ1n) is 15.9. The lowest BCUT2D eigenvalue weighted by Gasteiger charge is -2.40. The molecule has 0 radical (unpaired) electrons. The summed E-state index contributed by atoms with van der Waals surface area (Å²) < 4.78 is 0. The van der Waals surface area contributed by atoms with E-state index >= 15 is 0 Å². The lowest BCUT2D eigenvalue weighted by Crippen LogP contribution is -2.59. The summed E-state index contributed by atoms with van der Waals surface area (Å²) in [5, 5.41) is 0. The van der Waals surface area contributed by atoms with Crippen molar-refractivity contribution in [2.45, 2.75) is 64.5 Å². The molecule has 224 valence electrons. The van der Waals surface area contributed by atoms with Crippen LogP contribution in [0.4, 0.5) is 0 Å². The van der Waals surface area contributed by atoms with Crippen LogP contribution in [0.5, 0.6) is 0 Å². The number of likely N-dealkylation sites (tertiary alicyclic amines) is 2. The Kier molecular flexibility index (Phi) is 6.66. The largest absolute Gasteiger partial charge is 0.337 e. The van der Waals surface area contributed by atoms with Gasteiger partial charge in [-0.1, -0.05) is 51.0 Å². The fraction of sp³-hybridized carbons (Fsp3) is 0.688. The molecule has 42 heavy (non-hydrogen) atoms. The second kappa shape index (κ2) is 10.2. The molecule has 4 bridgehead atoms. The third-order valence-corrected chi connectivity index (χ3v) is 11.2. The third-order valence-electron chi connectivity index (χ3n) is 11.2. The summed E-state index contributed by atoms with van der Waals surface area (Å²) in [6.45, 7) is 5.00. The molecular formula is C32H40N4O6. The predicted molar refractivity (Wildman–Crippen MR) is 150 cm³/mol. The highest BCUT2D eigenvalue weighted by atomic mass is 16.2. The van der Waals surface area contributed by atoms with Crippen molar-refractivity contribution in [3.63, 3.8) is 0 Å². The van der Waals surface area contributed by atoms with E-state index in [4.69, 9.17) is 0 Å². The van der Waals surface area contributed by atoms with E-state index in [1.54, 1.807) is 9.80 Å². The summed E-state index contributed by atoms with van der Waals surface area (Å²) >= 11 is 0. The summed E-state index contributed by atoms with van der Waals surface area (Å²) in [6.07, 6.45) is 12.0. The zero-order valence-electron chi connectivity index (χ0n) is 24.4. The molecule has 0 unspecified atom stereocenters. The Labute approximate surface area is 246 Å². The number of rotatable bonds is 8. The highest BCUT2D eigenvalue weighted by Gasteiger charge is 2.62. The molecule has 4 aliphatic carbocycles. The van der Waals surface area contributed by atoms with E-state index in [-0.39, 0.29) is 109 Å². The van der Waals surface area contributed by atoms with Crippen LogP contribution in [0.2, 0.25) is 0 Å². The number of carbonyl (C=O) groups excluding carboxylic acids is 6. The van der Waals surface area contributed by atoms with Crippen LogP contribution < -0.4 is 0 Å². The lowest BCUT2D eigenvalue weighted by atomic mass is 9.85. The van der Waals surface area contributed by atoms with Gasteiger partial charge in [-0.05, 0) is 49.4 Å². The van der Waals surface area contributed by atoms with Crippen LogP contribution in [0.15, 0.2) is 24.3 Å². The van der Waals surface area contributed by atoms with Crippen LogP contribution in [0, 0.1) is 47.3 Å². The minimum Gasteiger partial charge on any atom is -0.337 e. The van der Waals surface area contributed by atoms with Crippen molar-refractivity contribution in [3.05, 3.63) is 24.3 Å². The monoisotopic (exact) mass is 576 g/mol. The Balaban J connectivity index is 1.02. The number of piperazine rings is 1. The van der Waals surface area contributed by atoms with Crippen molar-refractivity contribution in [1.82, 2.24) is 19.6 Å².